The summed E-state index contributed by atoms with van der Waals surface area (Å²) < 4.78 is 2.08. The topological polar surface area (TPSA) is 33.4 Å². The Hall–Kier alpha value is -5.22. The molecule has 4 nitrogen and oxygen atoms in total. The summed E-state index contributed by atoms with van der Waals surface area (Å²) in [4.78, 5) is 13.5. The summed E-state index contributed by atoms with van der Waals surface area (Å²) in [6.07, 6.45) is 2.88. The van der Waals surface area contributed by atoms with Crippen LogP contribution in [-0.2, 0) is 43.1 Å². The second kappa shape index (κ2) is 16.1. The van der Waals surface area contributed by atoms with Crippen molar-refractivity contribution in [3.63, 3.8) is 0 Å². The molecule has 4 heterocycles. The minimum atomic E-state index is -0.344. The first-order chi connectivity index (χ1) is 32.4. The number of aliphatic imine (C=N–C) groups is 1. The van der Waals surface area contributed by atoms with Crippen LogP contribution in [0.5, 0.6) is 0 Å². The number of hydrogen-bond acceptors (Lipinski definition) is 4. The average Bonchev–Trinajstić information content (AvgIpc) is 3.84. The molecule has 0 spiro atoms. The third kappa shape index (κ3) is 7.09. The molecule has 0 amide bonds. The largest absolute Gasteiger partial charge is 2.00 e. The molecule has 0 bridgehead atoms. The van der Waals surface area contributed by atoms with Gasteiger partial charge < -0.3 is 14.5 Å². The minimum Gasteiger partial charge on any atom is -0.352 e. The summed E-state index contributed by atoms with van der Waals surface area (Å²) in [5.74, 6) is 0.899. The molecule has 358 valence electrons. The fourth-order valence-electron chi connectivity index (χ4n) is 12.7. The molecule has 0 radical (unpaired) electrons. The summed E-state index contributed by atoms with van der Waals surface area (Å²) in [6, 6.07) is 43.4. The first-order valence-corrected chi connectivity index (χ1v) is 25.7. The Labute approximate surface area is 435 Å². The van der Waals surface area contributed by atoms with Gasteiger partial charge in [0.05, 0.1) is 10.3 Å². The molecule has 0 unspecified atom stereocenters. The van der Waals surface area contributed by atoms with Gasteiger partial charge in [-0.1, -0.05) is 137 Å². The zero-order chi connectivity index (χ0) is 49.1. The molecule has 0 fully saturated rings. The molecule has 8 aromatic rings. The number of aryl methyl sites for hydroxylation is 7. The predicted octanol–water partition coefficient (Wildman–Crippen LogP) is 16.8. The second-order valence-electron chi connectivity index (χ2n) is 23.7. The number of rotatable bonds is 4. The number of anilines is 3. The molecular formula is C64H66N4PtS. The molecule has 2 aromatic heterocycles. The Balaban J connectivity index is 0.00000567. The third-order valence-corrected chi connectivity index (χ3v) is 18.2. The van der Waals surface area contributed by atoms with E-state index in [9.17, 15) is 0 Å². The molecule has 2 atom stereocenters. The van der Waals surface area contributed by atoms with Crippen LogP contribution in [0.15, 0.2) is 102 Å². The monoisotopic (exact) mass is 1120 g/mol. The Morgan fingerprint density at radius 3 is 2.03 bits per heavy atom. The van der Waals surface area contributed by atoms with E-state index in [2.05, 4.69) is 223 Å². The molecule has 11 rings (SSSR count). The number of fused-ring (bicyclic) bond motifs is 8. The van der Waals surface area contributed by atoms with E-state index < -0.39 is 0 Å². The van der Waals surface area contributed by atoms with Gasteiger partial charge in [-0.25, -0.2) is 4.98 Å². The standard InChI is InChI=1S/C64H66N4S.Pt/c1-36-17-19-53-48(25-36)49-33-52-56(34-55(49)68(53)57-32-46(21-22-65-57)60(8,9)10)67(54-20-18-37(2)26-51(54)62(52,14)15)47-30-43(58-41(6)23-38(3)24-42(58)7)29-44(31-47)59-66-63(16)35-45-27-39(4)40(5)28-50(45)64(63,69-59)61(11,12)13;/h17-30,32-33H,35H2,1-16H3;/q-2;+2/t63-,64-;/m1./s1. The van der Waals surface area contributed by atoms with Crippen molar-refractivity contribution < 1.29 is 21.1 Å². The predicted molar refractivity (Wildman–Crippen MR) is 294 cm³/mol. The zero-order valence-corrected chi connectivity index (χ0v) is 47.0. The van der Waals surface area contributed by atoms with Gasteiger partial charge in [0.2, 0.25) is 0 Å². The summed E-state index contributed by atoms with van der Waals surface area (Å²) in [6.45, 7) is 36.9. The van der Waals surface area contributed by atoms with Crippen LogP contribution in [0.1, 0.15) is 135 Å². The van der Waals surface area contributed by atoms with Crippen molar-refractivity contribution in [2.75, 3.05) is 4.90 Å². The second-order valence-corrected chi connectivity index (χ2v) is 24.9. The Kier molecular flexibility index (Phi) is 11.2. The molecule has 0 N–H and O–H groups in total. The van der Waals surface area contributed by atoms with Crippen LogP contribution in [0.3, 0.4) is 0 Å². The van der Waals surface area contributed by atoms with E-state index in [1.165, 1.54) is 88.7 Å². The fourth-order valence-corrected chi connectivity index (χ4v) is 14.4. The Bertz CT molecular complexity index is 3530. The van der Waals surface area contributed by atoms with E-state index in [0.717, 1.165) is 50.9 Å². The Morgan fingerprint density at radius 1 is 0.643 bits per heavy atom. The van der Waals surface area contributed by atoms with Gasteiger partial charge in [0.25, 0.3) is 0 Å². The SMILES string of the molecule is Cc1cc(C)c(-c2cc(C3=N[C@]4(C)Cc5cc(C)c(C)cc5[C@]4(C(C)(C)C)S3)[c-]c(N3c4[c-]c5c(cc4C(C)(C)c4cc(C)ccc43)c3cc(C)ccc3n5-c3cc(C(C)(C)C)ccn3)c2)c(C)c1.[Pt+2]. The van der Waals surface area contributed by atoms with Crippen LogP contribution in [0.2, 0.25) is 0 Å². The van der Waals surface area contributed by atoms with Crippen molar-refractivity contribution in [3.8, 4) is 16.9 Å². The van der Waals surface area contributed by atoms with Gasteiger partial charge >= 0.3 is 21.1 Å². The number of hydrogen-bond donors (Lipinski definition) is 0. The minimum absolute atomic E-state index is 0. The van der Waals surface area contributed by atoms with Crippen LogP contribution in [0, 0.1) is 66.0 Å². The van der Waals surface area contributed by atoms with E-state index in [1.54, 1.807) is 0 Å². The smallest absolute Gasteiger partial charge is 0.352 e. The van der Waals surface area contributed by atoms with Gasteiger partial charge in [0.1, 0.15) is 5.82 Å². The average molecular weight is 1120 g/mol. The van der Waals surface area contributed by atoms with Crippen LogP contribution in [0.4, 0.5) is 17.1 Å². The number of pyridine rings is 1. The maximum atomic E-state index is 5.92. The van der Waals surface area contributed by atoms with E-state index in [4.69, 9.17) is 9.98 Å². The Morgan fingerprint density at radius 2 is 1.33 bits per heavy atom. The van der Waals surface area contributed by atoms with E-state index in [0.29, 0.717) is 0 Å². The van der Waals surface area contributed by atoms with Gasteiger partial charge in [-0.2, -0.15) is 6.07 Å². The van der Waals surface area contributed by atoms with E-state index in [1.807, 2.05) is 18.0 Å². The van der Waals surface area contributed by atoms with Crippen LogP contribution in [-0.4, -0.2) is 20.1 Å². The first kappa shape index (κ1) is 48.4. The van der Waals surface area contributed by atoms with Crippen molar-refractivity contribution in [1.82, 2.24) is 9.55 Å². The maximum absolute atomic E-state index is 5.92. The number of benzene rings is 6. The molecule has 1 aliphatic carbocycles. The molecule has 0 saturated carbocycles. The molecule has 6 heteroatoms. The zero-order valence-electron chi connectivity index (χ0n) is 44.0. The molecule has 3 aliphatic rings. The molecule has 0 saturated heterocycles. The van der Waals surface area contributed by atoms with Crippen LogP contribution in [0.25, 0.3) is 38.8 Å². The van der Waals surface area contributed by atoms with E-state index in [-0.39, 0.29) is 47.6 Å². The number of aromatic nitrogens is 2. The van der Waals surface area contributed by atoms with Gasteiger partial charge in [0.15, 0.2) is 0 Å². The molecule has 2 aliphatic heterocycles. The molecule has 70 heavy (non-hydrogen) atoms. The quantitative estimate of drug-likeness (QED) is 0.165. The van der Waals surface area contributed by atoms with Crippen molar-refractivity contribution in [3.05, 3.63) is 182 Å². The summed E-state index contributed by atoms with van der Waals surface area (Å²) in [5, 5.41) is 3.45. The van der Waals surface area contributed by atoms with Crippen molar-refractivity contribution >= 4 is 55.7 Å². The van der Waals surface area contributed by atoms with Crippen molar-refractivity contribution in [1.29, 1.82) is 0 Å². The molecule has 6 aromatic carbocycles. The van der Waals surface area contributed by atoms with Gasteiger partial charge in [0, 0.05) is 22.4 Å². The van der Waals surface area contributed by atoms with Crippen molar-refractivity contribution in [2.24, 2.45) is 10.4 Å². The summed E-state index contributed by atoms with van der Waals surface area (Å²) >= 11 is 1.98. The normalized spacial score (nSPS) is 19.2. The summed E-state index contributed by atoms with van der Waals surface area (Å²) in [5.41, 5.74) is 23.5. The fraction of sp³-hybridized carbons (Fsp3) is 0.344. The van der Waals surface area contributed by atoms with Crippen molar-refractivity contribution in [2.45, 2.75) is 138 Å². The van der Waals surface area contributed by atoms with Gasteiger partial charge in [-0.05, 0) is 163 Å². The third-order valence-electron chi connectivity index (χ3n) is 16.1. The van der Waals surface area contributed by atoms with Crippen LogP contribution < -0.4 is 4.90 Å². The van der Waals surface area contributed by atoms with Gasteiger partial charge in [-0.15, -0.1) is 52.5 Å². The summed E-state index contributed by atoms with van der Waals surface area (Å²) in [7, 11) is 0. The van der Waals surface area contributed by atoms with E-state index >= 15 is 0 Å². The van der Waals surface area contributed by atoms with Crippen LogP contribution >= 0.6 is 11.8 Å². The number of thioether (sulfide) groups is 1. The maximum Gasteiger partial charge on any atom is 2.00 e. The first-order valence-electron chi connectivity index (χ1n) is 24.9. The number of nitrogens with zero attached hydrogens (tertiary/aromatic N) is 4. The van der Waals surface area contributed by atoms with Gasteiger partial charge in [-0.3, -0.25) is 0 Å². The molecular weight excluding hydrogens is 1050 g/mol.